The highest BCUT2D eigenvalue weighted by Gasteiger charge is 2.07. The molecule has 0 aliphatic rings. The van der Waals surface area contributed by atoms with Crippen molar-refractivity contribution in [3.8, 4) is 11.3 Å². The zero-order valence-corrected chi connectivity index (χ0v) is 9.74. The van der Waals surface area contributed by atoms with Crippen molar-refractivity contribution < 1.29 is 0 Å². The highest BCUT2D eigenvalue weighted by atomic mass is 16.1. The summed E-state index contributed by atoms with van der Waals surface area (Å²) >= 11 is 0. The molecule has 0 unspecified atom stereocenters. The third-order valence-electron chi connectivity index (χ3n) is 2.71. The van der Waals surface area contributed by atoms with Gasteiger partial charge in [0.15, 0.2) is 11.2 Å². The van der Waals surface area contributed by atoms with Crippen molar-refractivity contribution in [1.82, 2.24) is 19.5 Å². The molecule has 0 spiro atoms. The first-order valence-electron chi connectivity index (χ1n) is 5.49. The van der Waals surface area contributed by atoms with Crippen molar-refractivity contribution in [2.45, 2.75) is 0 Å². The third-order valence-corrected chi connectivity index (χ3v) is 2.71. The molecule has 3 aromatic rings. The highest BCUT2D eigenvalue weighted by Crippen LogP contribution is 2.16. The molecule has 0 bridgehead atoms. The molecule has 1 aromatic carbocycles. The van der Waals surface area contributed by atoms with Crippen LogP contribution in [-0.2, 0) is 7.05 Å². The molecule has 0 aliphatic heterocycles. The van der Waals surface area contributed by atoms with E-state index in [1.54, 1.807) is 17.8 Å². The maximum Gasteiger partial charge on any atom is 0.300 e. The zero-order valence-electron chi connectivity index (χ0n) is 9.74. The number of rotatable bonds is 1. The second kappa shape index (κ2) is 4.03. The molecule has 5 heteroatoms. The predicted molar refractivity (Wildman–Crippen MR) is 68.0 cm³/mol. The first-order valence-corrected chi connectivity index (χ1v) is 5.49. The fourth-order valence-corrected chi connectivity index (χ4v) is 1.79. The van der Waals surface area contributed by atoms with Gasteiger partial charge in [0.25, 0.3) is 0 Å². The van der Waals surface area contributed by atoms with Gasteiger partial charge in [0.05, 0.1) is 11.9 Å². The lowest BCUT2D eigenvalue weighted by molar-refractivity contribution is 0.878. The second-order valence-electron chi connectivity index (χ2n) is 3.95. The summed E-state index contributed by atoms with van der Waals surface area (Å²) in [6.45, 7) is 0. The van der Waals surface area contributed by atoms with E-state index in [0.29, 0.717) is 16.9 Å². The molecule has 2 aromatic heterocycles. The van der Waals surface area contributed by atoms with Crippen LogP contribution in [0, 0.1) is 0 Å². The molecule has 0 aliphatic carbocycles. The van der Waals surface area contributed by atoms with E-state index in [1.165, 1.54) is 6.33 Å². The molecule has 0 atom stereocenters. The maximum absolute atomic E-state index is 11.7. The van der Waals surface area contributed by atoms with Crippen LogP contribution in [0.4, 0.5) is 0 Å². The molecule has 0 N–H and O–H groups in total. The van der Waals surface area contributed by atoms with Crippen LogP contribution in [-0.4, -0.2) is 19.5 Å². The largest absolute Gasteiger partial charge is 0.318 e. The lowest BCUT2D eigenvalue weighted by Gasteiger charge is -2.04. The summed E-state index contributed by atoms with van der Waals surface area (Å²) in [7, 11) is 1.78. The van der Waals surface area contributed by atoms with Crippen molar-refractivity contribution in [3.05, 3.63) is 53.2 Å². The predicted octanol–water partition coefficient (Wildman–Crippen LogP) is 1.39. The minimum atomic E-state index is -0.353. The maximum atomic E-state index is 11.7. The number of hydrogen-bond acceptors (Lipinski definition) is 4. The van der Waals surface area contributed by atoms with Gasteiger partial charge in [-0.15, -0.1) is 0 Å². The van der Waals surface area contributed by atoms with Gasteiger partial charge in [-0.3, -0.25) is 4.79 Å². The molecule has 0 saturated heterocycles. The van der Waals surface area contributed by atoms with Crippen LogP contribution >= 0.6 is 0 Å². The van der Waals surface area contributed by atoms with Gasteiger partial charge in [0.1, 0.15) is 6.33 Å². The number of hydrogen-bond donors (Lipinski definition) is 0. The third kappa shape index (κ3) is 1.66. The van der Waals surface area contributed by atoms with Crippen LogP contribution in [0.3, 0.4) is 0 Å². The Morgan fingerprint density at radius 2 is 1.89 bits per heavy atom. The van der Waals surface area contributed by atoms with Gasteiger partial charge in [-0.25, -0.2) is 9.97 Å². The van der Waals surface area contributed by atoms with Crippen molar-refractivity contribution in [2.75, 3.05) is 0 Å². The van der Waals surface area contributed by atoms with E-state index in [9.17, 15) is 4.79 Å². The van der Waals surface area contributed by atoms with Gasteiger partial charge in [-0.1, -0.05) is 30.3 Å². The van der Waals surface area contributed by atoms with Crippen LogP contribution < -0.4 is 5.56 Å². The van der Waals surface area contributed by atoms with Crippen LogP contribution in [0.15, 0.2) is 47.7 Å². The Morgan fingerprint density at radius 1 is 1.11 bits per heavy atom. The number of aromatic nitrogens is 4. The normalized spacial score (nSPS) is 10.7. The summed E-state index contributed by atoms with van der Waals surface area (Å²) in [6, 6.07) is 9.62. The summed E-state index contributed by atoms with van der Waals surface area (Å²) in [5.74, 6) is 0. The smallest absolute Gasteiger partial charge is 0.300 e. The van der Waals surface area contributed by atoms with E-state index in [-0.39, 0.29) is 5.56 Å². The van der Waals surface area contributed by atoms with E-state index >= 15 is 0 Å². The van der Waals surface area contributed by atoms with Gasteiger partial charge in [-0.2, -0.15) is 4.98 Å². The zero-order chi connectivity index (χ0) is 12.5. The fourth-order valence-electron chi connectivity index (χ4n) is 1.79. The highest BCUT2D eigenvalue weighted by molar-refractivity contribution is 5.72. The van der Waals surface area contributed by atoms with E-state index < -0.39 is 0 Å². The fraction of sp³-hybridized carbons (Fsp3) is 0.0769. The molecule has 88 valence electrons. The molecular weight excluding hydrogens is 228 g/mol. The lowest BCUT2D eigenvalue weighted by atomic mass is 10.2. The van der Waals surface area contributed by atoms with Crippen molar-refractivity contribution in [2.24, 2.45) is 7.05 Å². The first kappa shape index (κ1) is 10.6. The average Bonchev–Trinajstić information content (AvgIpc) is 2.44. The Labute approximate surface area is 103 Å². The summed E-state index contributed by atoms with van der Waals surface area (Å²) in [5.41, 5.74) is 2.08. The minimum absolute atomic E-state index is 0.293. The monoisotopic (exact) mass is 238 g/mol. The van der Waals surface area contributed by atoms with Crippen LogP contribution in [0.1, 0.15) is 0 Å². The van der Waals surface area contributed by atoms with E-state index in [1.807, 2.05) is 30.3 Å². The van der Waals surface area contributed by atoms with Gasteiger partial charge in [-0.05, 0) is 0 Å². The van der Waals surface area contributed by atoms with E-state index in [2.05, 4.69) is 15.0 Å². The van der Waals surface area contributed by atoms with Gasteiger partial charge in [0, 0.05) is 12.6 Å². The lowest BCUT2D eigenvalue weighted by Crippen LogP contribution is -2.13. The van der Waals surface area contributed by atoms with Crippen LogP contribution in [0.2, 0.25) is 0 Å². The summed E-state index contributed by atoms with van der Waals surface area (Å²) in [5, 5.41) is 0. The minimum Gasteiger partial charge on any atom is -0.318 e. The van der Waals surface area contributed by atoms with E-state index in [0.717, 1.165) is 5.56 Å². The molecular formula is C13H10N4O. The summed E-state index contributed by atoms with van der Waals surface area (Å²) < 4.78 is 1.68. The quantitative estimate of drug-likeness (QED) is 0.642. The van der Waals surface area contributed by atoms with Crippen LogP contribution in [0.25, 0.3) is 22.4 Å². The second-order valence-corrected chi connectivity index (χ2v) is 3.95. The SMILES string of the molecule is Cn1cnc(=O)c2nc(-c3ccccc3)cnc21. The Hall–Kier alpha value is -2.56. The molecule has 0 radical (unpaired) electrons. The average molecular weight is 238 g/mol. The number of nitrogens with zero attached hydrogens (tertiary/aromatic N) is 4. The molecule has 0 saturated carbocycles. The molecule has 5 nitrogen and oxygen atoms in total. The molecule has 0 fully saturated rings. The number of fused-ring (bicyclic) bond motifs is 1. The van der Waals surface area contributed by atoms with Crippen molar-refractivity contribution in [1.29, 1.82) is 0 Å². The Morgan fingerprint density at radius 3 is 2.67 bits per heavy atom. The number of benzene rings is 1. The standard InChI is InChI=1S/C13H10N4O/c1-17-8-15-13(18)11-12(17)14-7-10(16-11)9-5-3-2-4-6-9/h2-8H,1H3. The topological polar surface area (TPSA) is 60.7 Å². The first-order chi connectivity index (χ1) is 8.75. The van der Waals surface area contributed by atoms with Gasteiger partial charge in [0.2, 0.25) is 0 Å². The Bertz CT molecular complexity index is 765. The summed E-state index contributed by atoms with van der Waals surface area (Å²) in [6.07, 6.45) is 3.11. The van der Waals surface area contributed by atoms with Crippen molar-refractivity contribution >= 4 is 11.2 Å². The van der Waals surface area contributed by atoms with Crippen LogP contribution in [0.5, 0.6) is 0 Å². The van der Waals surface area contributed by atoms with Crippen molar-refractivity contribution in [3.63, 3.8) is 0 Å². The Kier molecular flexibility index (Phi) is 2.37. The molecule has 18 heavy (non-hydrogen) atoms. The number of aryl methyl sites for hydroxylation is 1. The molecule has 0 amide bonds. The van der Waals surface area contributed by atoms with E-state index in [4.69, 9.17) is 0 Å². The van der Waals surface area contributed by atoms with Gasteiger partial charge >= 0.3 is 5.56 Å². The van der Waals surface area contributed by atoms with Gasteiger partial charge < -0.3 is 4.57 Å². The molecule has 2 heterocycles. The molecule has 3 rings (SSSR count). The Balaban J connectivity index is 2.30. The summed E-state index contributed by atoms with van der Waals surface area (Å²) in [4.78, 5) is 24.1.